The van der Waals surface area contributed by atoms with Gasteiger partial charge in [-0.1, -0.05) is 0 Å². The number of fused-ring (bicyclic) bond motifs is 1. The van der Waals surface area contributed by atoms with Gasteiger partial charge in [0.15, 0.2) is 0 Å². The zero-order valence-corrected chi connectivity index (χ0v) is 13.1. The third-order valence-electron chi connectivity index (χ3n) is 5.11. The van der Waals surface area contributed by atoms with Crippen molar-refractivity contribution in [1.82, 2.24) is 9.80 Å². The highest BCUT2D eigenvalue weighted by atomic mass is 15.2. The van der Waals surface area contributed by atoms with Crippen molar-refractivity contribution in [2.45, 2.75) is 57.0 Å². The highest BCUT2D eigenvalue weighted by Crippen LogP contribution is 2.29. The third-order valence-corrected chi connectivity index (χ3v) is 5.11. The molecule has 0 aliphatic carbocycles. The summed E-state index contributed by atoms with van der Waals surface area (Å²) in [4.78, 5) is 5.19. The molecule has 114 valence electrons. The standard InChI is InChI=1S/C16H30N4/c1-16(18,13-17)8-3-4-10-20-11-7-15-14(12-20)6-5-9-19(15)2/h14-15H,3-12,18H2,1-2H3. The highest BCUT2D eigenvalue weighted by molar-refractivity contribution is 5.00. The second kappa shape index (κ2) is 6.89. The molecule has 0 radical (unpaired) electrons. The molecule has 0 spiro atoms. The lowest BCUT2D eigenvalue weighted by atomic mass is 9.84. The van der Waals surface area contributed by atoms with E-state index in [0.717, 1.165) is 24.8 Å². The molecule has 2 aliphatic heterocycles. The van der Waals surface area contributed by atoms with Gasteiger partial charge in [0, 0.05) is 12.6 Å². The first-order chi connectivity index (χ1) is 9.52. The molecular formula is C16H30N4. The van der Waals surface area contributed by atoms with Crippen molar-refractivity contribution in [1.29, 1.82) is 5.26 Å². The van der Waals surface area contributed by atoms with Crippen LogP contribution >= 0.6 is 0 Å². The van der Waals surface area contributed by atoms with Gasteiger partial charge in [0.25, 0.3) is 0 Å². The van der Waals surface area contributed by atoms with E-state index in [1.165, 1.54) is 51.9 Å². The summed E-state index contributed by atoms with van der Waals surface area (Å²) in [7, 11) is 2.29. The number of unbranched alkanes of at least 4 members (excludes halogenated alkanes) is 1. The number of nitriles is 1. The molecule has 2 heterocycles. The van der Waals surface area contributed by atoms with Crippen LogP contribution in [0.5, 0.6) is 0 Å². The highest BCUT2D eigenvalue weighted by Gasteiger charge is 2.33. The lowest BCUT2D eigenvalue weighted by Crippen LogP contribution is -2.52. The van der Waals surface area contributed by atoms with E-state index in [4.69, 9.17) is 11.0 Å². The Bertz CT molecular complexity index is 347. The van der Waals surface area contributed by atoms with Crippen molar-refractivity contribution in [3.63, 3.8) is 0 Å². The SMILES string of the molecule is CN1CCCC2CN(CCCCC(C)(N)C#N)CCC21. The molecule has 0 saturated carbocycles. The van der Waals surface area contributed by atoms with Crippen molar-refractivity contribution < 1.29 is 0 Å². The number of likely N-dealkylation sites (tertiary alicyclic amines) is 2. The number of nitrogens with zero attached hydrogens (tertiary/aromatic N) is 3. The Kier molecular flexibility index (Phi) is 5.42. The number of rotatable bonds is 5. The fourth-order valence-electron chi connectivity index (χ4n) is 3.81. The molecule has 4 heteroatoms. The van der Waals surface area contributed by atoms with Crippen LogP contribution in [0.15, 0.2) is 0 Å². The Morgan fingerprint density at radius 2 is 2.10 bits per heavy atom. The van der Waals surface area contributed by atoms with Crippen molar-refractivity contribution in [3.05, 3.63) is 0 Å². The molecule has 2 N–H and O–H groups in total. The lowest BCUT2D eigenvalue weighted by Gasteiger charge is -2.46. The molecule has 0 aromatic carbocycles. The van der Waals surface area contributed by atoms with E-state index in [2.05, 4.69) is 22.9 Å². The topological polar surface area (TPSA) is 56.3 Å². The number of nitrogens with two attached hydrogens (primary N) is 1. The summed E-state index contributed by atoms with van der Waals surface area (Å²) in [5.74, 6) is 0.876. The van der Waals surface area contributed by atoms with E-state index in [9.17, 15) is 0 Å². The van der Waals surface area contributed by atoms with Gasteiger partial charge in [0.1, 0.15) is 5.54 Å². The summed E-state index contributed by atoms with van der Waals surface area (Å²) in [5, 5.41) is 8.91. The van der Waals surface area contributed by atoms with Gasteiger partial charge in [-0.2, -0.15) is 5.26 Å². The first kappa shape index (κ1) is 15.8. The normalized spacial score (nSPS) is 31.3. The second-order valence-corrected chi connectivity index (χ2v) is 7.03. The summed E-state index contributed by atoms with van der Waals surface area (Å²) in [6, 6.07) is 3.01. The van der Waals surface area contributed by atoms with Gasteiger partial charge in [-0.15, -0.1) is 0 Å². The van der Waals surface area contributed by atoms with Crippen molar-refractivity contribution in [2.75, 3.05) is 33.2 Å². The largest absolute Gasteiger partial charge is 0.314 e. The predicted octanol–water partition coefficient (Wildman–Crippen LogP) is 1.81. The first-order valence-electron chi connectivity index (χ1n) is 8.14. The van der Waals surface area contributed by atoms with Crippen molar-refractivity contribution in [3.8, 4) is 6.07 Å². The van der Waals surface area contributed by atoms with E-state index in [1.807, 2.05) is 6.92 Å². The Morgan fingerprint density at radius 1 is 1.30 bits per heavy atom. The van der Waals surface area contributed by atoms with Gasteiger partial charge >= 0.3 is 0 Å². The maximum absolute atomic E-state index is 8.91. The molecule has 20 heavy (non-hydrogen) atoms. The van der Waals surface area contributed by atoms with Crippen LogP contribution in [0.1, 0.15) is 45.4 Å². The minimum atomic E-state index is -0.640. The predicted molar refractivity (Wildman–Crippen MR) is 82.3 cm³/mol. The zero-order valence-electron chi connectivity index (χ0n) is 13.1. The molecule has 2 rings (SSSR count). The molecule has 0 aromatic heterocycles. The van der Waals surface area contributed by atoms with Crippen LogP contribution in [0.25, 0.3) is 0 Å². The monoisotopic (exact) mass is 278 g/mol. The van der Waals surface area contributed by atoms with E-state index in [-0.39, 0.29) is 0 Å². The lowest BCUT2D eigenvalue weighted by molar-refractivity contribution is 0.0379. The Hall–Kier alpha value is -0.630. The minimum absolute atomic E-state index is 0.640. The molecule has 3 atom stereocenters. The fourth-order valence-corrected chi connectivity index (χ4v) is 3.81. The Balaban J connectivity index is 1.67. The smallest absolute Gasteiger partial charge is 0.101 e. The zero-order chi connectivity index (χ0) is 14.6. The van der Waals surface area contributed by atoms with Gasteiger partial charge in [0.2, 0.25) is 0 Å². The summed E-state index contributed by atoms with van der Waals surface area (Å²) in [6.07, 6.45) is 7.13. The van der Waals surface area contributed by atoms with Crippen LogP contribution in [0.4, 0.5) is 0 Å². The molecule has 4 nitrogen and oxygen atoms in total. The maximum Gasteiger partial charge on any atom is 0.101 e. The molecule has 0 aromatic rings. The molecule has 2 aliphatic rings. The molecule has 2 fully saturated rings. The molecule has 2 saturated heterocycles. The molecular weight excluding hydrogens is 248 g/mol. The first-order valence-corrected chi connectivity index (χ1v) is 8.14. The van der Waals surface area contributed by atoms with Crippen LogP contribution in [0.3, 0.4) is 0 Å². The van der Waals surface area contributed by atoms with Gasteiger partial charge in [0.05, 0.1) is 6.07 Å². The van der Waals surface area contributed by atoms with Crippen LogP contribution < -0.4 is 5.73 Å². The third kappa shape index (κ3) is 4.18. The number of hydrogen-bond acceptors (Lipinski definition) is 4. The van der Waals surface area contributed by atoms with Crippen LogP contribution in [-0.2, 0) is 0 Å². The molecule has 3 unspecified atom stereocenters. The Labute approximate surface area is 123 Å². The summed E-state index contributed by atoms with van der Waals surface area (Å²) >= 11 is 0. The quantitative estimate of drug-likeness (QED) is 0.779. The average Bonchev–Trinajstić information content (AvgIpc) is 2.44. The van der Waals surface area contributed by atoms with E-state index >= 15 is 0 Å². The van der Waals surface area contributed by atoms with Gasteiger partial charge in [-0.25, -0.2) is 0 Å². The van der Waals surface area contributed by atoms with Crippen LogP contribution in [0, 0.1) is 17.2 Å². The van der Waals surface area contributed by atoms with E-state index in [1.54, 1.807) is 0 Å². The average molecular weight is 278 g/mol. The van der Waals surface area contributed by atoms with Gasteiger partial charge < -0.3 is 15.5 Å². The van der Waals surface area contributed by atoms with Crippen molar-refractivity contribution >= 4 is 0 Å². The maximum atomic E-state index is 8.91. The fraction of sp³-hybridized carbons (Fsp3) is 0.938. The van der Waals surface area contributed by atoms with Crippen LogP contribution in [-0.4, -0.2) is 54.6 Å². The second-order valence-electron chi connectivity index (χ2n) is 7.03. The van der Waals surface area contributed by atoms with Gasteiger partial charge in [-0.05, 0) is 78.0 Å². The number of hydrogen-bond donors (Lipinski definition) is 1. The van der Waals surface area contributed by atoms with Crippen molar-refractivity contribution in [2.24, 2.45) is 11.7 Å². The van der Waals surface area contributed by atoms with Gasteiger partial charge in [-0.3, -0.25) is 0 Å². The minimum Gasteiger partial charge on any atom is -0.314 e. The van der Waals surface area contributed by atoms with E-state index in [0.29, 0.717) is 0 Å². The summed E-state index contributed by atoms with van der Waals surface area (Å²) < 4.78 is 0. The van der Waals surface area contributed by atoms with Crippen LogP contribution in [0.2, 0.25) is 0 Å². The molecule has 0 amide bonds. The van der Waals surface area contributed by atoms with E-state index < -0.39 is 5.54 Å². The summed E-state index contributed by atoms with van der Waals surface area (Å²) in [5.41, 5.74) is 5.22. The summed E-state index contributed by atoms with van der Waals surface area (Å²) in [6.45, 7) is 6.80. The molecule has 0 bridgehead atoms. The Morgan fingerprint density at radius 3 is 2.85 bits per heavy atom. The number of piperidine rings is 2.